The maximum atomic E-state index is 12.3. The fourth-order valence-electron chi connectivity index (χ4n) is 2.22. The number of aromatic nitrogens is 1. The van der Waals surface area contributed by atoms with Gasteiger partial charge in [-0.1, -0.05) is 30.3 Å². The predicted molar refractivity (Wildman–Crippen MR) is 103 cm³/mol. The predicted octanol–water partition coefficient (Wildman–Crippen LogP) is 5.24. The highest BCUT2D eigenvalue weighted by Gasteiger charge is 2.14. The number of nitrogens with zero attached hydrogens (tertiary/aromatic N) is 1. The lowest BCUT2D eigenvalue weighted by molar-refractivity contribution is -0.115. The van der Waals surface area contributed by atoms with E-state index in [9.17, 15) is 4.79 Å². The molecule has 0 aliphatic rings. The molecule has 0 fully saturated rings. The highest BCUT2D eigenvalue weighted by Crippen LogP contribution is 2.25. The summed E-state index contributed by atoms with van der Waals surface area (Å²) < 4.78 is 0. The van der Waals surface area contributed by atoms with Crippen LogP contribution in [0.15, 0.2) is 64.9 Å². The third kappa shape index (κ3) is 4.24. The molecule has 5 heteroatoms. The Balaban J connectivity index is 1.62. The van der Waals surface area contributed by atoms with E-state index < -0.39 is 0 Å². The zero-order chi connectivity index (χ0) is 16.9. The highest BCUT2D eigenvalue weighted by molar-refractivity contribution is 8.00. The van der Waals surface area contributed by atoms with Crippen molar-refractivity contribution in [2.75, 3.05) is 5.32 Å². The Bertz CT molecular complexity index is 813. The second kappa shape index (κ2) is 7.64. The number of amides is 1. The number of benzene rings is 2. The first-order valence-electron chi connectivity index (χ1n) is 7.67. The lowest BCUT2D eigenvalue weighted by atomic mass is 10.1. The van der Waals surface area contributed by atoms with Gasteiger partial charge in [-0.15, -0.1) is 23.1 Å². The van der Waals surface area contributed by atoms with Gasteiger partial charge in [-0.25, -0.2) is 4.98 Å². The van der Waals surface area contributed by atoms with E-state index in [1.807, 2.05) is 73.8 Å². The van der Waals surface area contributed by atoms with Gasteiger partial charge in [-0.3, -0.25) is 4.79 Å². The van der Waals surface area contributed by atoms with Crippen LogP contribution in [-0.4, -0.2) is 16.1 Å². The molecule has 1 atom stereocenters. The maximum absolute atomic E-state index is 12.3. The summed E-state index contributed by atoms with van der Waals surface area (Å²) in [6.07, 6.45) is 0. The van der Waals surface area contributed by atoms with E-state index in [1.165, 1.54) is 0 Å². The molecule has 1 heterocycles. The minimum atomic E-state index is -0.159. The van der Waals surface area contributed by atoms with Crippen molar-refractivity contribution in [3.05, 3.63) is 65.0 Å². The van der Waals surface area contributed by atoms with Crippen LogP contribution in [0.1, 0.15) is 11.9 Å². The van der Waals surface area contributed by atoms with Crippen LogP contribution < -0.4 is 5.32 Å². The second-order valence-electron chi connectivity index (χ2n) is 5.39. The Morgan fingerprint density at radius 3 is 2.46 bits per heavy atom. The molecule has 0 unspecified atom stereocenters. The van der Waals surface area contributed by atoms with E-state index in [2.05, 4.69) is 10.3 Å². The third-order valence-corrected chi connectivity index (χ3v) is 5.38. The number of hydrogen-bond acceptors (Lipinski definition) is 4. The minimum absolute atomic E-state index is 0.00102. The van der Waals surface area contributed by atoms with Crippen LogP contribution in [0.4, 0.5) is 5.69 Å². The molecule has 0 aliphatic heterocycles. The molecule has 0 spiro atoms. The van der Waals surface area contributed by atoms with E-state index in [1.54, 1.807) is 23.1 Å². The number of hydrogen-bond donors (Lipinski definition) is 1. The molecule has 24 heavy (non-hydrogen) atoms. The van der Waals surface area contributed by atoms with Crippen LogP contribution in [0.25, 0.3) is 11.3 Å². The van der Waals surface area contributed by atoms with Crippen LogP contribution in [-0.2, 0) is 4.79 Å². The van der Waals surface area contributed by atoms with Crippen molar-refractivity contribution >= 4 is 34.7 Å². The summed E-state index contributed by atoms with van der Waals surface area (Å²) >= 11 is 3.19. The van der Waals surface area contributed by atoms with Gasteiger partial charge in [0, 0.05) is 21.5 Å². The number of aryl methyl sites for hydroxylation is 1. The maximum Gasteiger partial charge on any atom is 0.237 e. The van der Waals surface area contributed by atoms with Crippen molar-refractivity contribution in [2.45, 2.75) is 24.0 Å². The van der Waals surface area contributed by atoms with Gasteiger partial charge in [0.2, 0.25) is 5.91 Å². The molecule has 0 saturated heterocycles. The first kappa shape index (κ1) is 16.7. The Kier molecular flexibility index (Phi) is 5.33. The Morgan fingerprint density at radius 1 is 1.12 bits per heavy atom. The van der Waals surface area contributed by atoms with Crippen LogP contribution in [0, 0.1) is 6.92 Å². The number of nitrogens with one attached hydrogen (secondary N) is 1. The van der Waals surface area contributed by atoms with Gasteiger partial charge in [-0.05, 0) is 38.1 Å². The lowest BCUT2D eigenvalue weighted by Gasteiger charge is -2.12. The summed E-state index contributed by atoms with van der Waals surface area (Å²) in [4.78, 5) is 17.9. The van der Waals surface area contributed by atoms with Gasteiger partial charge < -0.3 is 5.32 Å². The molecule has 0 aliphatic carbocycles. The quantitative estimate of drug-likeness (QED) is 0.637. The minimum Gasteiger partial charge on any atom is -0.325 e. The number of carbonyl (C=O) groups excluding carboxylic acids is 1. The van der Waals surface area contributed by atoms with Crippen molar-refractivity contribution in [1.29, 1.82) is 0 Å². The molecule has 3 aromatic rings. The number of thiazole rings is 1. The zero-order valence-electron chi connectivity index (χ0n) is 13.5. The standard InChI is InChI=1S/C19H18N2OS2/c1-13(24-17-6-4-3-5-7-17)19(22)21-16-10-8-15(9-11-16)18-12-23-14(2)20-18/h3-13H,1-2H3,(H,21,22)/t13-/m1/s1. The molecule has 122 valence electrons. The summed E-state index contributed by atoms with van der Waals surface area (Å²) in [6.45, 7) is 3.91. The van der Waals surface area contributed by atoms with Crippen molar-refractivity contribution in [2.24, 2.45) is 0 Å². The molecule has 0 radical (unpaired) electrons. The SMILES string of the molecule is Cc1nc(-c2ccc(NC(=O)[C@@H](C)Sc3ccccc3)cc2)cs1. The summed E-state index contributed by atoms with van der Waals surface area (Å²) in [6, 6.07) is 17.8. The number of thioether (sulfide) groups is 1. The zero-order valence-corrected chi connectivity index (χ0v) is 15.2. The third-order valence-electron chi connectivity index (χ3n) is 3.49. The average molecular weight is 354 g/mol. The normalized spacial score (nSPS) is 11.9. The molecule has 3 nitrogen and oxygen atoms in total. The fourth-order valence-corrected chi connectivity index (χ4v) is 3.73. The van der Waals surface area contributed by atoms with Gasteiger partial charge >= 0.3 is 0 Å². The summed E-state index contributed by atoms with van der Waals surface area (Å²) in [5.41, 5.74) is 2.84. The fraction of sp³-hybridized carbons (Fsp3) is 0.158. The Labute approximate surface area is 150 Å². The topological polar surface area (TPSA) is 42.0 Å². The first-order chi connectivity index (χ1) is 11.6. The molecular formula is C19H18N2OS2. The Morgan fingerprint density at radius 2 is 1.83 bits per heavy atom. The number of rotatable bonds is 5. The van der Waals surface area contributed by atoms with Crippen molar-refractivity contribution in [1.82, 2.24) is 4.98 Å². The monoisotopic (exact) mass is 354 g/mol. The van der Waals surface area contributed by atoms with E-state index in [0.717, 1.165) is 26.8 Å². The number of anilines is 1. The largest absolute Gasteiger partial charge is 0.325 e. The van der Waals surface area contributed by atoms with E-state index in [4.69, 9.17) is 0 Å². The summed E-state index contributed by atoms with van der Waals surface area (Å²) in [5, 5.41) is 5.90. The Hall–Kier alpha value is -2.11. The van der Waals surface area contributed by atoms with E-state index >= 15 is 0 Å². The van der Waals surface area contributed by atoms with Gasteiger partial charge in [0.25, 0.3) is 0 Å². The van der Waals surface area contributed by atoms with E-state index in [-0.39, 0.29) is 11.2 Å². The van der Waals surface area contributed by atoms with Crippen LogP contribution in [0.5, 0.6) is 0 Å². The number of carbonyl (C=O) groups is 1. The second-order valence-corrected chi connectivity index (χ2v) is 7.87. The summed E-state index contributed by atoms with van der Waals surface area (Å²) in [7, 11) is 0. The molecule has 2 aromatic carbocycles. The molecule has 1 aromatic heterocycles. The molecule has 3 rings (SSSR count). The smallest absolute Gasteiger partial charge is 0.237 e. The highest BCUT2D eigenvalue weighted by atomic mass is 32.2. The van der Waals surface area contributed by atoms with Gasteiger partial charge in [-0.2, -0.15) is 0 Å². The molecule has 0 bridgehead atoms. The van der Waals surface area contributed by atoms with Gasteiger partial charge in [0.15, 0.2) is 0 Å². The lowest BCUT2D eigenvalue weighted by Crippen LogP contribution is -2.22. The van der Waals surface area contributed by atoms with Crippen LogP contribution in [0.2, 0.25) is 0 Å². The first-order valence-corrected chi connectivity index (χ1v) is 9.43. The molecule has 0 saturated carbocycles. The molecule has 1 N–H and O–H groups in total. The van der Waals surface area contributed by atoms with Crippen LogP contribution >= 0.6 is 23.1 Å². The van der Waals surface area contributed by atoms with Crippen molar-refractivity contribution in [3.63, 3.8) is 0 Å². The summed E-state index contributed by atoms with van der Waals surface area (Å²) in [5.74, 6) is 0.00102. The van der Waals surface area contributed by atoms with Crippen LogP contribution in [0.3, 0.4) is 0 Å². The average Bonchev–Trinajstić information content (AvgIpc) is 3.03. The molecular weight excluding hydrogens is 336 g/mol. The van der Waals surface area contributed by atoms with Crippen molar-refractivity contribution in [3.8, 4) is 11.3 Å². The van der Waals surface area contributed by atoms with Gasteiger partial charge in [0.05, 0.1) is 16.0 Å². The van der Waals surface area contributed by atoms with Crippen molar-refractivity contribution < 1.29 is 4.79 Å². The molecule has 1 amide bonds. The van der Waals surface area contributed by atoms with E-state index in [0.29, 0.717) is 0 Å². The van der Waals surface area contributed by atoms with Gasteiger partial charge in [0.1, 0.15) is 0 Å².